The zero-order chi connectivity index (χ0) is 15.2. The van der Waals surface area contributed by atoms with E-state index in [9.17, 15) is 0 Å². The normalized spacial score (nSPS) is 10.7. The van der Waals surface area contributed by atoms with E-state index < -0.39 is 0 Å². The minimum absolute atomic E-state index is 0.527. The quantitative estimate of drug-likeness (QED) is 0.764. The van der Waals surface area contributed by atoms with Crippen LogP contribution in [-0.2, 0) is 13.1 Å². The van der Waals surface area contributed by atoms with Crippen LogP contribution in [0.5, 0.6) is 5.75 Å². The number of halogens is 3. The number of benzene rings is 2. The predicted molar refractivity (Wildman–Crippen MR) is 89.6 cm³/mol. The highest BCUT2D eigenvalue weighted by Gasteiger charge is 2.10. The number of hydrogen-bond donors (Lipinski definition) is 1. The molecular formula is C16H16Cl3NO. The van der Waals surface area contributed by atoms with Gasteiger partial charge in [0.05, 0.1) is 11.6 Å². The maximum Gasteiger partial charge on any atom is 0.142 e. The first kappa shape index (κ1) is 16.4. The van der Waals surface area contributed by atoms with E-state index in [1.54, 1.807) is 6.07 Å². The van der Waals surface area contributed by atoms with Crippen LogP contribution >= 0.6 is 34.8 Å². The van der Waals surface area contributed by atoms with Crippen molar-refractivity contribution in [3.63, 3.8) is 0 Å². The van der Waals surface area contributed by atoms with Crippen LogP contribution in [0.2, 0.25) is 15.1 Å². The number of ether oxygens (including phenoxy) is 1. The highest BCUT2D eigenvalue weighted by molar-refractivity contribution is 6.35. The number of hydrogen-bond acceptors (Lipinski definition) is 2. The summed E-state index contributed by atoms with van der Waals surface area (Å²) in [5, 5.41) is 5.20. The van der Waals surface area contributed by atoms with Gasteiger partial charge in [-0.3, -0.25) is 0 Å². The van der Waals surface area contributed by atoms with Crippen molar-refractivity contribution in [1.82, 2.24) is 5.32 Å². The average molecular weight is 345 g/mol. The second kappa shape index (κ2) is 7.90. The van der Waals surface area contributed by atoms with Crippen LogP contribution in [0.15, 0.2) is 36.4 Å². The lowest BCUT2D eigenvalue weighted by Crippen LogP contribution is -2.14. The van der Waals surface area contributed by atoms with Crippen LogP contribution in [-0.4, -0.2) is 6.61 Å². The second-order valence-electron chi connectivity index (χ2n) is 4.50. The molecule has 0 amide bonds. The van der Waals surface area contributed by atoms with Gasteiger partial charge in [-0.15, -0.1) is 0 Å². The third-order valence-corrected chi connectivity index (χ3v) is 3.83. The van der Waals surface area contributed by atoms with Crippen LogP contribution in [0.1, 0.15) is 18.1 Å². The van der Waals surface area contributed by atoms with E-state index in [2.05, 4.69) is 5.32 Å². The lowest BCUT2D eigenvalue weighted by Gasteiger charge is -2.14. The van der Waals surface area contributed by atoms with Crippen LogP contribution in [0.25, 0.3) is 0 Å². The fourth-order valence-electron chi connectivity index (χ4n) is 2.02. The van der Waals surface area contributed by atoms with E-state index in [0.717, 1.165) is 16.1 Å². The van der Waals surface area contributed by atoms with Gasteiger partial charge in [0.1, 0.15) is 5.75 Å². The molecule has 0 bridgehead atoms. The van der Waals surface area contributed by atoms with Gasteiger partial charge < -0.3 is 10.1 Å². The summed E-state index contributed by atoms with van der Waals surface area (Å²) in [5.74, 6) is 0.676. The molecule has 1 N–H and O–H groups in total. The van der Waals surface area contributed by atoms with Crippen LogP contribution in [0.3, 0.4) is 0 Å². The van der Waals surface area contributed by atoms with Crippen molar-refractivity contribution in [3.8, 4) is 5.75 Å². The Morgan fingerprint density at radius 1 is 0.952 bits per heavy atom. The van der Waals surface area contributed by atoms with Gasteiger partial charge in [-0.2, -0.15) is 0 Å². The molecule has 0 aliphatic carbocycles. The van der Waals surface area contributed by atoms with Gasteiger partial charge in [0, 0.05) is 28.7 Å². The standard InChI is InChI=1S/C16H16Cl3NO/c1-2-21-16-12(7-13(17)8-15(16)19)10-20-9-11-5-3-4-6-14(11)18/h3-8,20H,2,9-10H2,1H3. The monoisotopic (exact) mass is 343 g/mol. The van der Waals surface area contributed by atoms with Gasteiger partial charge in [-0.05, 0) is 30.7 Å². The minimum atomic E-state index is 0.527. The Morgan fingerprint density at radius 2 is 1.67 bits per heavy atom. The zero-order valence-corrected chi connectivity index (χ0v) is 13.9. The van der Waals surface area contributed by atoms with E-state index in [1.165, 1.54) is 0 Å². The van der Waals surface area contributed by atoms with Crippen molar-refractivity contribution in [2.45, 2.75) is 20.0 Å². The molecule has 0 heterocycles. The van der Waals surface area contributed by atoms with Gasteiger partial charge >= 0.3 is 0 Å². The van der Waals surface area contributed by atoms with Gasteiger partial charge in [-0.25, -0.2) is 0 Å². The molecule has 2 aromatic rings. The molecule has 0 atom stereocenters. The van der Waals surface area contributed by atoms with Gasteiger partial charge in [0.15, 0.2) is 0 Å². The summed E-state index contributed by atoms with van der Waals surface area (Å²) >= 11 is 18.4. The van der Waals surface area contributed by atoms with Gasteiger partial charge in [0.2, 0.25) is 0 Å². The van der Waals surface area contributed by atoms with Crippen molar-refractivity contribution in [3.05, 3.63) is 62.6 Å². The molecule has 2 aromatic carbocycles. The predicted octanol–water partition coefficient (Wildman–Crippen LogP) is 5.34. The van der Waals surface area contributed by atoms with Crippen molar-refractivity contribution in [2.75, 3.05) is 6.61 Å². The molecule has 0 aliphatic rings. The van der Waals surface area contributed by atoms with E-state index in [1.807, 2.05) is 37.3 Å². The molecule has 0 spiro atoms. The summed E-state index contributed by atoms with van der Waals surface area (Å²) < 4.78 is 5.59. The molecule has 0 saturated carbocycles. The van der Waals surface area contributed by atoms with E-state index in [0.29, 0.717) is 35.5 Å². The molecule has 0 fully saturated rings. The molecule has 5 heteroatoms. The fourth-order valence-corrected chi connectivity index (χ4v) is 2.82. The Kier molecular flexibility index (Phi) is 6.19. The van der Waals surface area contributed by atoms with Crippen LogP contribution in [0.4, 0.5) is 0 Å². The molecule has 2 nitrogen and oxygen atoms in total. The highest BCUT2D eigenvalue weighted by atomic mass is 35.5. The van der Waals surface area contributed by atoms with E-state index in [-0.39, 0.29) is 0 Å². The van der Waals surface area contributed by atoms with Gasteiger partial charge in [-0.1, -0.05) is 53.0 Å². The summed E-state index contributed by atoms with van der Waals surface area (Å²) in [6.07, 6.45) is 0. The highest BCUT2D eigenvalue weighted by Crippen LogP contribution is 2.32. The number of nitrogens with one attached hydrogen (secondary N) is 1. The Hall–Kier alpha value is -0.930. The Labute approximate surface area is 140 Å². The topological polar surface area (TPSA) is 21.3 Å². The number of rotatable bonds is 6. The fraction of sp³-hybridized carbons (Fsp3) is 0.250. The third-order valence-electron chi connectivity index (χ3n) is 2.96. The summed E-state index contributed by atoms with van der Waals surface area (Å²) in [4.78, 5) is 0. The first-order valence-corrected chi connectivity index (χ1v) is 7.80. The summed E-state index contributed by atoms with van der Waals surface area (Å²) in [6, 6.07) is 11.3. The Balaban J connectivity index is 2.07. The first-order chi connectivity index (χ1) is 10.1. The van der Waals surface area contributed by atoms with Crippen LogP contribution in [0, 0.1) is 0 Å². The molecule has 2 rings (SSSR count). The lowest BCUT2D eigenvalue weighted by molar-refractivity contribution is 0.335. The van der Waals surface area contributed by atoms with Crippen molar-refractivity contribution in [1.29, 1.82) is 0 Å². The maximum absolute atomic E-state index is 6.18. The minimum Gasteiger partial charge on any atom is -0.492 e. The summed E-state index contributed by atoms with van der Waals surface area (Å²) in [7, 11) is 0. The van der Waals surface area contributed by atoms with Crippen molar-refractivity contribution < 1.29 is 4.74 Å². The van der Waals surface area contributed by atoms with Crippen molar-refractivity contribution >= 4 is 34.8 Å². The largest absolute Gasteiger partial charge is 0.492 e. The zero-order valence-electron chi connectivity index (χ0n) is 11.6. The molecular weight excluding hydrogens is 329 g/mol. The Morgan fingerprint density at radius 3 is 2.38 bits per heavy atom. The SMILES string of the molecule is CCOc1c(Cl)cc(Cl)cc1CNCc1ccccc1Cl. The van der Waals surface area contributed by atoms with Gasteiger partial charge in [0.25, 0.3) is 0 Å². The molecule has 0 aromatic heterocycles. The molecule has 0 saturated heterocycles. The molecule has 0 radical (unpaired) electrons. The smallest absolute Gasteiger partial charge is 0.142 e. The molecule has 21 heavy (non-hydrogen) atoms. The van der Waals surface area contributed by atoms with E-state index >= 15 is 0 Å². The molecule has 0 aliphatic heterocycles. The first-order valence-electron chi connectivity index (χ1n) is 6.66. The van der Waals surface area contributed by atoms with E-state index in [4.69, 9.17) is 39.5 Å². The third kappa shape index (κ3) is 4.52. The molecule has 0 unspecified atom stereocenters. The average Bonchev–Trinajstić information content (AvgIpc) is 2.44. The van der Waals surface area contributed by atoms with Crippen molar-refractivity contribution in [2.24, 2.45) is 0 Å². The Bertz CT molecular complexity index is 616. The maximum atomic E-state index is 6.18. The summed E-state index contributed by atoms with van der Waals surface area (Å²) in [6.45, 7) is 3.74. The van der Waals surface area contributed by atoms with Crippen LogP contribution < -0.4 is 10.1 Å². The molecule has 112 valence electrons. The summed E-state index contributed by atoms with van der Waals surface area (Å²) in [5.41, 5.74) is 1.98. The second-order valence-corrected chi connectivity index (χ2v) is 5.75. The lowest BCUT2D eigenvalue weighted by atomic mass is 10.2.